The third-order valence-electron chi connectivity index (χ3n) is 4.37. The molecule has 0 aliphatic rings. The number of nitrogens with one attached hydrogen (secondary N) is 1. The smallest absolute Gasteiger partial charge is 0.122 e. The van der Waals surface area contributed by atoms with Gasteiger partial charge in [0.15, 0.2) is 0 Å². The fraction of sp³-hybridized carbons (Fsp3) is 0.0741. The van der Waals surface area contributed by atoms with Crippen LogP contribution in [0.1, 0.15) is 16.7 Å². The largest absolute Gasteiger partial charge is 0.384 e. The molecule has 0 amide bonds. The first-order valence-electron chi connectivity index (χ1n) is 9.95. The summed E-state index contributed by atoms with van der Waals surface area (Å²) in [6.07, 6.45) is 0. The zero-order valence-corrected chi connectivity index (χ0v) is 18.4. The molecule has 0 bridgehead atoms. The van der Waals surface area contributed by atoms with Crippen LogP contribution in [0, 0.1) is 12.3 Å². The third-order valence-corrected chi connectivity index (χ3v) is 4.61. The second-order valence-electron chi connectivity index (χ2n) is 6.85. The standard InChI is InChI=1S/C13H12ClN.C7H8N2.C7H8/c14-13-3-1-2-12(8-13)11-6-4-10(9-15)5-7-11;8-7(9)6-4-2-1-3-5-6;1-7-5-3-2-4-6-7/h1-8H,9,15H2;1-5H,(H3,8,9);2-6H,1H3. The highest BCUT2D eigenvalue weighted by molar-refractivity contribution is 6.30. The Labute approximate surface area is 189 Å². The highest BCUT2D eigenvalue weighted by atomic mass is 35.5. The predicted octanol–water partition coefficient (Wildman–Crippen LogP) is 6.43. The molecule has 0 heterocycles. The summed E-state index contributed by atoms with van der Waals surface area (Å²) in [5.74, 6) is 0.121. The first-order chi connectivity index (χ1) is 15.0. The summed E-state index contributed by atoms with van der Waals surface area (Å²) >= 11 is 5.93. The topological polar surface area (TPSA) is 75.9 Å². The predicted molar refractivity (Wildman–Crippen MR) is 133 cm³/mol. The lowest BCUT2D eigenvalue weighted by atomic mass is 10.0. The van der Waals surface area contributed by atoms with Crippen molar-refractivity contribution in [1.29, 1.82) is 5.41 Å². The van der Waals surface area contributed by atoms with Crippen molar-refractivity contribution in [2.24, 2.45) is 11.5 Å². The van der Waals surface area contributed by atoms with E-state index in [0.717, 1.165) is 27.3 Å². The zero-order valence-electron chi connectivity index (χ0n) is 17.6. The average Bonchev–Trinajstić information content (AvgIpc) is 2.81. The minimum atomic E-state index is 0.121. The maximum atomic E-state index is 7.01. The lowest BCUT2D eigenvalue weighted by Gasteiger charge is -2.03. The highest BCUT2D eigenvalue weighted by Gasteiger charge is 1.98. The fourth-order valence-electron chi connectivity index (χ4n) is 2.65. The molecule has 0 aliphatic carbocycles. The van der Waals surface area contributed by atoms with Gasteiger partial charge in [0.25, 0.3) is 0 Å². The number of nitrogens with two attached hydrogens (primary N) is 2. The van der Waals surface area contributed by atoms with Gasteiger partial charge in [0.05, 0.1) is 0 Å². The second kappa shape index (κ2) is 13.0. The van der Waals surface area contributed by atoms with Gasteiger partial charge in [-0.2, -0.15) is 0 Å². The lowest BCUT2D eigenvalue weighted by molar-refractivity contribution is 1.07. The van der Waals surface area contributed by atoms with Crippen LogP contribution in [0.25, 0.3) is 11.1 Å². The number of amidine groups is 1. The monoisotopic (exact) mass is 429 g/mol. The summed E-state index contributed by atoms with van der Waals surface area (Å²) in [5.41, 5.74) is 16.3. The molecule has 4 aromatic carbocycles. The molecular formula is C27H28ClN3. The van der Waals surface area contributed by atoms with Crippen LogP contribution >= 0.6 is 11.6 Å². The third kappa shape index (κ3) is 8.87. The van der Waals surface area contributed by atoms with Gasteiger partial charge in [0, 0.05) is 17.1 Å². The van der Waals surface area contributed by atoms with Crippen molar-refractivity contribution >= 4 is 17.4 Å². The van der Waals surface area contributed by atoms with Crippen LogP contribution in [0.4, 0.5) is 0 Å². The normalized spacial score (nSPS) is 9.52. The molecule has 0 aliphatic heterocycles. The summed E-state index contributed by atoms with van der Waals surface area (Å²) < 4.78 is 0. The summed E-state index contributed by atoms with van der Waals surface area (Å²) in [5, 5.41) is 7.77. The number of rotatable bonds is 3. The molecule has 4 rings (SSSR count). The van der Waals surface area contributed by atoms with E-state index in [1.165, 1.54) is 5.56 Å². The molecule has 0 radical (unpaired) electrons. The van der Waals surface area contributed by atoms with Gasteiger partial charge < -0.3 is 11.5 Å². The van der Waals surface area contributed by atoms with Crippen LogP contribution < -0.4 is 11.5 Å². The number of hydrogen-bond donors (Lipinski definition) is 3. The van der Waals surface area contributed by atoms with Crippen molar-refractivity contribution < 1.29 is 0 Å². The molecule has 0 atom stereocenters. The van der Waals surface area contributed by atoms with E-state index >= 15 is 0 Å². The van der Waals surface area contributed by atoms with Crippen LogP contribution in [-0.2, 0) is 6.54 Å². The summed E-state index contributed by atoms with van der Waals surface area (Å²) in [4.78, 5) is 0. The van der Waals surface area contributed by atoms with E-state index in [9.17, 15) is 0 Å². The molecule has 0 fully saturated rings. The molecule has 4 aromatic rings. The minimum absolute atomic E-state index is 0.121. The Morgan fingerprint density at radius 1 is 0.742 bits per heavy atom. The molecule has 5 N–H and O–H groups in total. The van der Waals surface area contributed by atoms with E-state index in [1.54, 1.807) is 0 Å². The Kier molecular flexibility index (Phi) is 10.0. The van der Waals surface area contributed by atoms with Crippen LogP contribution in [0.3, 0.4) is 0 Å². The van der Waals surface area contributed by atoms with E-state index in [2.05, 4.69) is 31.2 Å². The Bertz CT molecular complexity index is 1050. The lowest BCUT2D eigenvalue weighted by Crippen LogP contribution is -2.10. The zero-order chi connectivity index (χ0) is 22.5. The number of nitrogen functional groups attached to an aromatic ring is 1. The average molecular weight is 430 g/mol. The van der Waals surface area contributed by atoms with Crippen LogP contribution in [0.2, 0.25) is 5.02 Å². The maximum Gasteiger partial charge on any atom is 0.122 e. The number of benzene rings is 4. The van der Waals surface area contributed by atoms with E-state index in [4.69, 9.17) is 28.5 Å². The molecule has 158 valence electrons. The molecule has 4 heteroatoms. The van der Waals surface area contributed by atoms with Crippen molar-refractivity contribution in [3.05, 3.63) is 131 Å². The van der Waals surface area contributed by atoms with Gasteiger partial charge in [-0.3, -0.25) is 5.41 Å². The van der Waals surface area contributed by atoms with Crippen molar-refractivity contribution in [1.82, 2.24) is 0 Å². The Morgan fingerprint density at radius 3 is 1.74 bits per heavy atom. The molecule has 0 aromatic heterocycles. The first-order valence-corrected chi connectivity index (χ1v) is 10.3. The van der Waals surface area contributed by atoms with Crippen molar-refractivity contribution in [2.45, 2.75) is 13.5 Å². The molecule has 0 saturated heterocycles. The van der Waals surface area contributed by atoms with Gasteiger partial charge in [-0.1, -0.05) is 114 Å². The molecule has 0 unspecified atom stereocenters. The quantitative estimate of drug-likeness (QED) is 0.259. The number of aryl methyl sites for hydroxylation is 1. The Hall–Kier alpha value is -3.40. The Balaban J connectivity index is 0.000000181. The SMILES string of the molecule is Cc1ccccc1.N=C(N)c1ccccc1.NCc1ccc(-c2cccc(Cl)c2)cc1. The van der Waals surface area contributed by atoms with Gasteiger partial charge in [-0.05, 0) is 35.7 Å². The number of hydrogen-bond acceptors (Lipinski definition) is 2. The highest BCUT2D eigenvalue weighted by Crippen LogP contribution is 2.22. The van der Waals surface area contributed by atoms with Crippen LogP contribution in [0.15, 0.2) is 109 Å². The number of halogens is 1. The molecule has 31 heavy (non-hydrogen) atoms. The molecule has 0 saturated carbocycles. The van der Waals surface area contributed by atoms with Gasteiger partial charge >= 0.3 is 0 Å². The summed E-state index contributed by atoms with van der Waals surface area (Å²) in [6, 6.07) is 35.5. The van der Waals surface area contributed by atoms with E-state index < -0.39 is 0 Å². The van der Waals surface area contributed by atoms with Crippen molar-refractivity contribution in [3.8, 4) is 11.1 Å². The van der Waals surface area contributed by atoms with Gasteiger partial charge in [0.2, 0.25) is 0 Å². The minimum Gasteiger partial charge on any atom is -0.384 e. The van der Waals surface area contributed by atoms with E-state index in [1.807, 2.05) is 84.9 Å². The molecule has 3 nitrogen and oxygen atoms in total. The van der Waals surface area contributed by atoms with Gasteiger partial charge in [-0.25, -0.2) is 0 Å². The summed E-state index contributed by atoms with van der Waals surface area (Å²) in [6.45, 7) is 2.66. The van der Waals surface area contributed by atoms with E-state index in [-0.39, 0.29) is 5.84 Å². The van der Waals surface area contributed by atoms with Gasteiger partial charge in [0.1, 0.15) is 5.84 Å². The molecule has 0 spiro atoms. The molecular weight excluding hydrogens is 402 g/mol. The summed E-state index contributed by atoms with van der Waals surface area (Å²) in [7, 11) is 0. The second-order valence-corrected chi connectivity index (χ2v) is 7.28. The van der Waals surface area contributed by atoms with Crippen LogP contribution in [0.5, 0.6) is 0 Å². The van der Waals surface area contributed by atoms with Crippen LogP contribution in [-0.4, -0.2) is 5.84 Å². The van der Waals surface area contributed by atoms with E-state index in [0.29, 0.717) is 6.54 Å². The maximum absolute atomic E-state index is 7.01. The van der Waals surface area contributed by atoms with Crippen molar-refractivity contribution in [3.63, 3.8) is 0 Å². The first kappa shape index (κ1) is 23.9. The van der Waals surface area contributed by atoms with Crippen molar-refractivity contribution in [2.75, 3.05) is 0 Å². The van der Waals surface area contributed by atoms with Gasteiger partial charge in [-0.15, -0.1) is 0 Å². The fourth-order valence-corrected chi connectivity index (χ4v) is 2.84. The Morgan fingerprint density at radius 2 is 1.32 bits per heavy atom.